The fourth-order valence-electron chi connectivity index (χ4n) is 3.99. The summed E-state index contributed by atoms with van der Waals surface area (Å²) in [7, 11) is 1.80. The van der Waals surface area contributed by atoms with Crippen LogP contribution in [0.5, 0.6) is 0 Å². The Morgan fingerprint density at radius 3 is 2.80 bits per heavy atom. The first kappa shape index (κ1) is 15.9. The monoisotopic (exact) mass is 334 g/mol. The molecule has 0 aromatic heterocycles. The molecule has 0 spiro atoms. The average Bonchev–Trinajstić information content (AvgIpc) is 2.64. The van der Waals surface area contributed by atoms with Crippen molar-refractivity contribution in [2.75, 3.05) is 17.3 Å². The van der Waals surface area contributed by atoms with Gasteiger partial charge in [0.05, 0.1) is 5.92 Å². The molecule has 25 heavy (non-hydrogen) atoms. The summed E-state index contributed by atoms with van der Waals surface area (Å²) in [5.41, 5.74) is 5.32. The van der Waals surface area contributed by atoms with Gasteiger partial charge < -0.3 is 10.2 Å². The number of amides is 2. The highest BCUT2D eigenvalue weighted by atomic mass is 16.2. The number of hydrogen-bond donors (Lipinski definition) is 1. The van der Waals surface area contributed by atoms with Gasteiger partial charge in [-0.1, -0.05) is 24.3 Å². The maximum Gasteiger partial charge on any atom is 0.231 e. The van der Waals surface area contributed by atoms with Crippen LogP contribution in [0, 0.1) is 0 Å². The summed E-state index contributed by atoms with van der Waals surface area (Å²) in [6.45, 7) is 0. The number of nitrogens with one attached hydrogen (secondary N) is 1. The van der Waals surface area contributed by atoms with Gasteiger partial charge in [-0.05, 0) is 60.6 Å². The van der Waals surface area contributed by atoms with Gasteiger partial charge in [-0.3, -0.25) is 9.59 Å². The largest absolute Gasteiger partial charge is 0.326 e. The highest BCUT2D eigenvalue weighted by molar-refractivity contribution is 5.98. The van der Waals surface area contributed by atoms with Crippen LogP contribution in [0.25, 0.3) is 0 Å². The predicted octanol–water partition coefficient (Wildman–Crippen LogP) is 3.65. The summed E-state index contributed by atoms with van der Waals surface area (Å²) >= 11 is 0. The van der Waals surface area contributed by atoms with Gasteiger partial charge >= 0.3 is 0 Å². The number of benzene rings is 2. The molecule has 1 heterocycles. The molecule has 128 valence electrons. The predicted molar refractivity (Wildman–Crippen MR) is 98.9 cm³/mol. The third-order valence-corrected chi connectivity index (χ3v) is 5.38. The van der Waals surface area contributed by atoms with Crippen LogP contribution in [0.4, 0.5) is 11.4 Å². The molecule has 4 heteroatoms. The fraction of sp³-hybridized carbons (Fsp3) is 0.333. The summed E-state index contributed by atoms with van der Waals surface area (Å²) < 4.78 is 0. The topological polar surface area (TPSA) is 49.4 Å². The third-order valence-electron chi connectivity index (χ3n) is 5.38. The smallest absolute Gasteiger partial charge is 0.231 e. The maximum atomic E-state index is 12.8. The lowest BCUT2D eigenvalue weighted by molar-refractivity contribution is -0.119. The number of fused-ring (bicyclic) bond motifs is 2. The number of carbonyl (C=O) groups excluding carboxylic acids is 2. The molecule has 2 amide bonds. The molecule has 1 atom stereocenters. The lowest BCUT2D eigenvalue weighted by Crippen LogP contribution is -2.31. The molecule has 2 aromatic carbocycles. The summed E-state index contributed by atoms with van der Waals surface area (Å²) in [6.07, 6.45) is 4.25. The molecule has 4 nitrogen and oxygen atoms in total. The number of carbonyl (C=O) groups is 2. The van der Waals surface area contributed by atoms with Crippen molar-refractivity contribution in [2.45, 2.75) is 38.0 Å². The molecule has 2 aliphatic rings. The summed E-state index contributed by atoms with van der Waals surface area (Å²) in [4.78, 5) is 26.3. The number of anilines is 2. The van der Waals surface area contributed by atoms with Gasteiger partial charge in [0, 0.05) is 24.8 Å². The van der Waals surface area contributed by atoms with E-state index in [-0.39, 0.29) is 17.7 Å². The van der Waals surface area contributed by atoms with Crippen molar-refractivity contribution in [3.8, 4) is 0 Å². The molecule has 1 unspecified atom stereocenters. The Balaban J connectivity index is 1.55. The Morgan fingerprint density at radius 2 is 1.92 bits per heavy atom. The molecule has 0 saturated carbocycles. The lowest BCUT2D eigenvalue weighted by Gasteiger charge is -2.27. The lowest BCUT2D eigenvalue weighted by atomic mass is 9.82. The molecule has 0 fully saturated rings. The SMILES string of the molecule is CN1C(=O)CCc2cc(NC(=O)C3CCCc4ccccc43)ccc21. The second-order valence-corrected chi connectivity index (χ2v) is 6.93. The Morgan fingerprint density at radius 1 is 1.08 bits per heavy atom. The van der Waals surface area contributed by atoms with Gasteiger partial charge in [-0.15, -0.1) is 0 Å². The van der Waals surface area contributed by atoms with Crippen LogP contribution < -0.4 is 10.2 Å². The van der Waals surface area contributed by atoms with Crippen molar-refractivity contribution in [1.82, 2.24) is 0 Å². The molecule has 0 bridgehead atoms. The number of aryl methyl sites for hydroxylation is 2. The zero-order valence-corrected chi connectivity index (χ0v) is 14.4. The second kappa shape index (κ2) is 6.36. The summed E-state index contributed by atoms with van der Waals surface area (Å²) in [5.74, 6) is 0.126. The van der Waals surface area contributed by atoms with Crippen LogP contribution in [0.2, 0.25) is 0 Å². The van der Waals surface area contributed by atoms with E-state index in [1.165, 1.54) is 5.56 Å². The fourth-order valence-corrected chi connectivity index (χ4v) is 3.99. The van der Waals surface area contributed by atoms with Crippen molar-refractivity contribution in [3.63, 3.8) is 0 Å². The van der Waals surface area contributed by atoms with Gasteiger partial charge in [0.2, 0.25) is 11.8 Å². The number of nitrogens with zero attached hydrogens (tertiary/aromatic N) is 1. The number of hydrogen-bond acceptors (Lipinski definition) is 2. The Bertz CT molecular complexity index is 844. The van der Waals surface area contributed by atoms with Gasteiger partial charge in [-0.25, -0.2) is 0 Å². The highest BCUT2D eigenvalue weighted by Gasteiger charge is 2.27. The normalized spacial score (nSPS) is 19.2. The van der Waals surface area contributed by atoms with E-state index in [0.29, 0.717) is 6.42 Å². The molecule has 0 radical (unpaired) electrons. The average molecular weight is 334 g/mol. The van der Waals surface area contributed by atoms with Crippen LogP contribution in [0.3, 0.4) is 0 Å². The van der Waals surface area contributed by atoms with E-state index < -0.39 is 0 Å². The quantitative estimate of drug-likeness (QED) is 0.911. The van der Waals surface area contributed by atoms with E-state index in [4.69, 9.17) is 0 Å². The van der Waals surface area contributed by atoms with E-state index in [2.05, 4.69) is 17.4 Å². The second-order valence-electron chi connectivity index (χ2n) is 6.93. The van der Waals surface area contributed by atoms with Crippen molar-refractivity contribution < 1.29 is 9.59 Å². The molecule has 2 aromatic rings. The first-order chi connectivity index (χ1) is 12.1. The maximum absolute atomic E-state index is 12.8. The molecule has 0 saturated heterocycles. The van der Waals surface area contributed by atoms with Gasteiger partial charge in [0.1, 0.15) is 0 Å². The highest BCUT2D eigenvalue weighted by Crippen LogP contribution is 2.33. The standard InChI is InChI=1S/C21H22N2O2/c1-23-19-11-10-16(13-15(19)9-12-20(23)24)22-21(25)18-8-4-6-14-5-2-3-7-17(14)18/h2-3,5,7,10-11,13,18H,4,6,8-9,12H2,1H3,(H,22,25). The molecular weight excluding hydrogens is 312 g/mol. The van der Waals surface area contributed by atoms with Crippen molar-refractivity contribution in [2.24, 2.45) is 0 Å². The van der Waals surface area contributed by atoms with Crippen LogP contribution in [-0.4, -0.2) is 18.9 Å². The van der Waals surface area contributed by atoms with E-state index in [0.717, 1.165) is 48.2 Å². The Hall–Kier alpha value is -2.62. The molecule has 1 aliphatic carbocycles. The summed E-state index contributed by atoms with van der Waals surface area (Å²) in [5, 5.41) is 3.09. The third kappa shape index (κ3) is 2.93. The number of rotatable bonds is 2. The molecular formula is C21H22N2O2. The van der Waals surface area contributed by atoms with Gasteiger partial charge in [-0.2, -0.15) is 0 Å². The van der Waals surface area contributed by atoms with Crippen LogP contribution in [0.1, 0.15) is 41.9 Å². The van der Waals surface area contributed by atoms with Crippen LogP contribution >= 0.6 is 0 Å². The van der Waals surface area contributed by atoms with E-state index in [1.807, 2.05) is 30.3 Å². The van der Waals surface area contributed by atoms with Crippen LogP contribution in [0.15, 0.2) is 42.5 Å². The van der Waals surface area contributed by atoms with Crippen LogP contribution in [-0.2, 0) is 22.4 Å². The minimum absolute atomic E-state index is 0.0624. The summed E-state index contributed by atoms with van der Waals surface area (Å²) in [6, 6.07) is 14.1. The first-order valence-electron chi connectivity index (χ1n) is 8.91. The molecule has 4 rings (SSSR count). The first-order valence-corrected chi connectivity index (χ1v) is 8.91. The van der Waals surface area contributed by atoms with Gasteiger partial charge in [0.25, 0.3) is 0 Å². The minimum Gasteiger partial charge on any atom is -0.326 e. The van der Waals surface area contributed by atoms with E-state index >= 15 is 0 Å². The minimum atomic E-state index is -0.0785. The molecule has 1 aliphatic heterocycles. The molecule has 1 N–H and O–H groups in total. The van der Waals surface area contributed by atoms with E-state index in [9.17, 15) is 9.59 Å². The van der Waals surface area contributed by atoms with Crippen molar-refractivity contribution in [1.29, 1.82) is 0 Å². The van der Waals surface area contributed by atoms with Crippen molar-refractivity contribution >= 4 is 23.2 Å². The zero-order valence-electron chi connectivity index (χ0n) is 14.4. The Labute approximate surface area is 147 Å². The van der Waals surface area contributed by atoms with E-state index in [1.54, 1.807) is 11.9 Å². The van der Waals surface area contributed by atoms with Gasteiger partial charge in [0.15, 0.2) is 0 Å². The Kier molecular flexibility index (Phi) is 4.04. The zero-order chi connectivity index (χ0) is 17.4. The van der Waals surface area contributed by atoms with Crippen molar-refractivity contribution in [3.05, 3.63) is 59.2 Å².